The molecule has 0 bridgehead atoms. The lowest BCUT2D eigenvalue weighted by Crippen LogP contribution is -2.22. The van der Waals surface area contributed by atoms with Gasteiger partial charge in [-0.05, 0) is 112 Å². The third kappa shape index (κ3) is 6.13. The van der Waals surface area contributed by atoms with Crippen LogP contribution in [0.2, 0.25) is 0 Å². The average Bonchev–Trinajstić information content (AvgIpc) is 3.70. The van der Waals surface area contributed by atoms with Gasteiger partial charge in [0.25, 0.3) is 0 Å². The molecule has 5 aromatic carbocycles. The second kappa shape index (κ2) is 13.2. The first-order valence-electron chi connectivity index (χ1n) is 17.2. The van der Waals surface area contributed by atoms with Crippen molar-refractivity contribution in [3.63, 3.8) is 0 Å². The lowest BCUT2D eigenvalue weighted by molar-refractivity contribution is 0.0408. The molecule has 52 heavy (non-hydrogen) atoms. The van der Waals surface area contributed by atoms with Crippen molar-refractivity contribution in [1.29, 1.82) is 0 Å². The summed E-state index contributed by atoms with van der Waals surface area (Å²) >= 11 is 0. The Morgan fingerprint density at radius 1 is 0.615 bits per heavy atom. The van der Waals surface area contributed by atoms with Gasteiger partial charge in [0.05, 0.1) is 31.0 Å². The largest absolute Gasteiger partial charge is 0.512 e. The van der Waals surface area contributed by atoms with Crippen LogP contribution < -0.4 is 9.47 Å². The average molecular weight is 699 g/mol. The highest BCUT2D eigenvalue weighted by Gasteiger charge is 2.49. The Balaban J connectivity index is 1.35. The van der Waals surface area contributed by atoms with Gasteiger partial charge in [0.2, 0.25) is 0 Å². The maximum absolute atomic E-state index is 11.4. The van der Waals surface area contributed by atoms with E-state index in [2.05, 4.69) is 0 Å². The molecule has 0 radical (unpaired) electrons. The fourth-order valence-corrected chi connectivity index (χ4v) is 8.06. The summed E-state index contributed by atoms with van der Waals surface area (Å²) in [4.78, 5) is 0. The van der Waals surface area contributed by atoms with E-state index in [1.807, 2.05) is 42.5 Å². The van der Waals surface area contributed by atoms with Crippen LogP contribution in [0.4, 0.5) is 0 Å². The van der Waals surface area contributed by atoms with Gasteiger partial charge in [-0.3, -0.25) is 0 Å². The number of aliphatic hydroxyl groups is 1. The number of allylic oxidation sites excluding steroid dienone is 1. The Hall–Kier alpha value is -6.06. The van der Waals surface area contributed by atoms with Gasteiger partial charge in [-0.25, -0.2) is 0 Å². The second-order valence-corrected chi connectivity index (χ2v) is 13.6. The molecule has 264 valence electrons. The topological polar surface area (TPSA) is 149 Å². The minimum Gasteiger partial charge on any atom is -0.512 e. The van der Waals surface area contributed by atoms with Crippen molar-refractivity contribution in [2.24, 2.45) is 0 Å². The molecule has 0 amide bonds. The van der Waals surface area contributed by atoms with Crippen molar-refractivity contribution in [3.05, 3.63) is 159 Å². The summed E-state index contributed by atoms with van der Waals surface area (Å²) in [5, 5.41) is 63.4. The first kappa shape index (κ1) is 33.1. The van der Waals surface area contributed by atoms with E-state index in [4.69, 9.17) is 14.2 Å². The summed E-state index contributed by atoms with van der Waals surface area (Å²) in [6.07, 6.45) is 1.50. The molecule has 1 fully saturated rings. The normalized spacial score (nSPS) is 22.0. The van der Waals surface area contributed by atoms with Crippen molar-refractivity contribution >= 4 is 0 Å². The maximum Gasteiger partial charge on any atom is 0.135 e. The number of hydrogen-bond acceptors (Lipinski definition) is 9. The minimum atomic E-state index is -0.609. The summed E-state index contributed by atoms with van der Waals surface area (Å²) < 4.78 is 19.2. The van der Waals surface area contributed by atoms with Crippen molar-refractivity contribution in [1.82, 2.24) is 0 Å². The highest BCUT2D eigenvalue weighted by molar-refractivity contribution is 5.61. The molecular weight excluding hydrogens is 660 g/mol. The number of aliphatic hydroxyl groups excluding tert-OH is 1. The number of aromatic hydroxyl groups is 5. The smallest absolute Gasteiger partial charge is 0.135 e. The molecule has 9 nitrogen and oxygen atoms in total. The first-order valence-corrected chi connectivity index (χ1v) is 17.2. The number of fused-ring (bicyclic) bond motifs is 2. The van der Waals surface area contributed by atoms with Crippen molar-refractivity contribution in [3.8, 4) is 40.2 Å². The second-order valence-electron chi connectivity index (χ2n) is 13.6. The van der Waals surface area contributed by atoms with E-state index in [-0.39, 0.29) is 40.9 Å². The summed E-state index contributed by atoms with van der Waals surface area (Å²) in [5.74, 6) is 0.695. The molecule has 9 heteroatoms. The zero-order valence-corrected chi connectivity index (χ0v) is 28.3. The molecule has 1 saturated heterocycles. The zero-order valence-electron chi connectivity index (χ0n) is 28.3. The van der Waals surface area contributed by atoms with Gasteiger partial charge in [-0.15, -0.1) is 0 Å². The van der Waals surface area contributed by atoms with E-state index < -0.39 is 30.1 Å². The molecule has 6 N–H and O–H groups in total. The minimum absolute atomic E-state index is 0.0297. The molecule has 5 aromatic rings. The Morgan fingerprint density at radius 3 is 1.88 bits per heavy atom. The number of benzene rings is 5. The molecular formula is C43H38O9. The van der Waals surface area contributed by atoms with Gasteiger partial charge >= 0.3 is 0 Å². The SMILES string of the molecule is COc1cc(O)cc([C@@H]2C3=C([C@H]4c5c(CCc6ccc(O)cc6)cc(O)cc5O[C@@H]4c4ccc(O)cc4)C=C(O)CC3O[C@H]2c2ccc(O)cc2)c1. The van der Waals surface area contributed by atoms with Crippen molar-refractivity contribution in [2.75, 3.05) is 7.11 Å². The first-order chi connectivity index (χ1) is 25.1. The summed E-state index contributed by atoms with van der Waals surface area (Å²) in [6, 6.07) is 29.2. The van der Waals surface area contributed by atoms with Crippen LogP contribution in [-0.2, 0) is 17.6 Å². The van der Waals surface area contributed by atoms with Crippen LogP contribution in [0.3, 0.4) is 0 Å². The predicted octanol–water partition coefficient (Wildman–Crippen LogP) is 8.29. The number of aryl methyl sites for hydroxylation is 2. The van der Waals surface area contributed by atoms with E-state index in [9.17, 15) is 30.6 Å². The van der Waals surface area contributed by atoms with Crippen LogP contribution in [0, 0.1) is 0 Å². The highest BCUT2D eigenvalue weighted by atomic mass is 16.5. The molecule has 5 atom stereocenters. The van der Waals surface area contributed by atoms with Gasteiger partial charge in [-0.1, -0.05) is 36.4 Å². The Labute approximate surface area is 300 Å². The highest BCUT2D eigenvalue weighted by Crippen LogP contribution is 2.60. The quantitative estimate of drug-likeness (QED) is 0.0941. The Morgan fingerprint density at radius 2 is 1.23 bits per heavy atom. The van der Waals surface area contributed by atoms with Gasteiger partial charge in [0.15, 0.2) is 0 Å². The number of methoxy groups -OCH3 is 1. The Bertz CT molecular complexity index is 2190. The van der Waals surface area contributed by atoms with Crippen LogP contribution in [0.5, 0.6) is 40.2 Å². The van der Waals surface area contributed by atoms with Gasteiger partial charge in [-0.2, -0.15) is 0 Å². The number of ether oxygens (including phenoxy) is 3. The van der Waals surface area contributed by atoms with E-state index in [0.717, 1.165) is 44.5 Å². The molecule has 0 saturated carbocycles. The lowest BCUT2D eigenvalue weighted by Gasteiger charge is -2.30. The molecule has 3 aliphatic rings. The van der Waals surface area contributed by atoms with Gasteiger partial charge in [0, 0.05) is 30.0 Å². The zero-order chi connectivity index (χ0) is 36.1. The number of phenolic OH excluding ortho intramolecular Hbond substituents is 5. The van der Waals surface area contributed by atoms with Crippen LogP contribution >= 0.6 is 0 Å². The summed E-state index contributed by atoms with van der Waals surface area (Å²) in [5.41, 5.74) is 6.78. The summed E-state index contributed by atoms with van der Waals surface area (Å²) in [6.45, 7) is 0. The van der Waals surface area contributed by atoms with Crippen LogP contribution in [0.15, 0.2) is 126 Å². The molecule has 2 aliphatic heterocycles. The summed E-state index contributed by atoms with van der Waals surface area (Å²) in [7, 11) is 1.54. The molecule has 0 spiro atoms. The monoisotopic (exact) mass is 698 g/mol. The molecule has 2 heterocycles. The standard InChI is InChI=1S/C43H38O9/c1-50-34-18-27(17-31(47)19-34)39-40-35(20-33(49)22-37(40)52-42(39)24-6-12-29(45)13-7-24)41-38-26(5-2-23-3-10-28(44)11-4-23)16-32(48)21-36(38)51-43(41)25-8-14-30(46)15-9-25/h3-4,6-21,37,39,41-49H,2,5,22H2,1H3/t37?,39-,41+,42+,43-/m1/s1. The molecule has 1 aliphatic carbocycles. The van der Waals surface area contributed by atoms with Crippen LogP contribution in [-0.4, -0.2) is 43.9 Å². The van der Waals surface area contributed by atoms with Crippen molar-refractivity contribution < 1.29 is 44.8 Å². The third-order valence-electron chi connectivity index (χ3n) is 10.3. The lowest BCUT2D eigenvalue weighted by atomic mass is 9.72. The van der Waals surface area contributed by atoms with Crippen LogP contribution in [0.25, 0.3) is 0 Å². The van der Waals surface area contributed by atoms with Crippen molar-refractivity contribution in [2.45, 2.75) is 49.4 Å². The molecule has 0 aromatic heterocycles. The number of rotatable bonds is 8. The molecule has 1 unspecified atom stereocenters. The van der Waals surface area contributed by atoms with E-state index in [0.29, 0.717) is 24.3 Å². The van der Waals surface area contributed by atoms with E-state index in [1.54, 1.807) is 73.8 Å². The molecule has 8 rings (SSSR count). The van der Waals surface area contributed by atoms with E-state index >= 15 is 0 Å². The van der Waals surface area contributed by atoms with Crippen LogP contribution in [0.1, 0.15) is 63.8 Å². The number of phenols is 5. The fourth-order valence-electron chi connectivity index (χ4n) is 8.06. The fraction of sp³-hybridized carbons (Fsp3) is 0.209. The van der Waals surface area contributed by atoms with Gasteiger partial charge < -0.3 is 44.8 Å². The number of hydrogen-bond donors (Lipinski definition) is 6. The third-order valence-corrected chi connectivity index (χ3v) is 10.3. The van der Waals surface area contributed by atoms with Gasteiger partial charge in [0.1, 0.15) is 46.4 Å². The van der Waals surface area contributed by atoms with E-state index in [1.165, 1.54) is 0 Å². The Kier molecular flexibility index (Phi) is 8.43. The predicted molar refractivity (Wildman–Crippen MR) is 193 cm³/mol. The maximum atomic E-state index is 11.4.